The first-order chi connectivity index (χ1) is 2.00. The van der Waals surface area contributed by atoms with E-state index in [4.69, 9.17) is 0 Å². The highest BCUT2D eigenvalue weighted by Crippen LogP contribution is 2.29. The van der Waals surface area contributed by atoms with E-state index >= 15 is 0 Å². The topological polar surface area (TPSA) is 0 Å². The molecule has 0 aliphatic carbocycles. The zero-order valence-corrected chi connectivity index (χ0v) is 5.68. The van der Waals surface area contributed by atoms with Crippen LogP contribution in [0.2, 0.25) is 0 Å². The van der Waals surface area contributed by atoms with Gasteiger partial charge >= 0.3 is 2.59 Å². The van der Waals surface area contributed by atoms with Gasteiger partial charge in [-0.2, -0.15) is 4.39 Å². The molecule has 0 aliphatic rings. The summed E-state index contributed by atoms with van der Waals surface area (Å²) in [5.74, 6) is 0. The van der Waals surface area contributed by atoms with Crippen LogP contribution < -0.4 is 0 Å². The lowest BCUT2D eigenvalue weighted by Gasteiger charge is -1.89. The predicted octanol–water partition coefficient (Wildman–Crippen LogP) is 2.48. The fourth-order valence-electron chi connectivity index (χ4n) is 0. The van der Waals surface area contributed by atoms with Crippen molar-refractivity contribution < 1.29 is 4.39 Å². The van der Waals surface area contributed by atoms with Gasteiger partial charge in [-0.05, 0) is 22.6 Å². The number of rotatable bonds is 0. The van der Waals surface area contributed by atoms with Crippen molar-refractivity contribution in [2.75, 3.05) is 0 Å². The molecule has 0 bridgehead atoms. The van der Waals surface area contributed by atoms with Gasteiger partial charge in [-0.15, -0.1) is 0 Å². The molecule has 0 nitrogen and oxygen atoms in total. The molecule has 32 valence electrons. The van der Waals surface area contributed by atoms with Crippen molar-refractivity contribution in [1.82, 2.24) is 0 Å². The van der Waals surface area contributed by atoms with Gasteiger partial charge in [-0.1, -0.05) is 23.2 Å². The minimum absolute atomic E-state index is 1.24. The molecule has 0 aliphatic heterocycles. The summed E-state index contributed by atoms with van der Waals surface area (Å²) in [6, 6.07) is 0. The molecule has 0 saturated carbocycles. The molecule has 0 spiro atoms. The van der Waals surface area contributed by atoms with Gasteiger partial charge in [0.2, 0.25) is 0 Å². The Hall–Kier alpha value is 1.24. The predicted molar refractivity (Wildman–Crippen MR) is 29.6 cm³/mol. The second kappa shape index (κ2) is 1.80. The molecule has 0 aromatic heterocycles. The Bertz CT molecular complexity index is 25.1. The number of hydrogen-bond acceptors (Lipinski definition) is 0. The normalized spacial score (nSPS) is 12.0. The lowest BCUT2D eigenvalue weighted by atomic mass is 11.8. The maximum Gasteiger partial charge on any atom is 0.307 e. The third-order valence-corrected chi connectivity index (χ3v) is 0. The van der Waals surface area contributed by atoms with E-state index in [9.17, 15) is 4.39 Å². The second-order valence-electron chi connectivity index (χ2n) is 0.429. The van der Waals surface area contributed by atoms with Crippen molar-refractivity contribution in [2.24, 2.45) is 0 Å². The van der Waals surface area contributed by atoms with Crippen molar-refractivity contribution in [3.05, 3.63) is 0 Å². The van der Waals surface area contributed by atoms with Gasteiger partial charge in [0, 0.05) is 0 Å². The summed E-state index contributed by atoms with van der Waals surface area (Å²) < 4.78 is 9.12. The molecule has 0 saturated heterocycles. The lowest BCUT2D eigenvalue weighted by molar-refractivity contribution is 0.536. The van der Waals surface area contributed by atoms with Crippen molar-refractivity contribution >= 4 is 45.8 Å². The zero-order valence-electron chi connectivity index (χ0n) is 2.01. The molecule has 0 unspecified atom stereocenters. The van der Waals surface area contributed by atoms with Crippen LogP contribution in [0.4, 0.5) is 4.39 Å². The van der Waals surface area contributed by atoms with Crippen LogP contribution >= 0.6 is 45.8 Å². The maximum atomic E-state index is 11.2. The first kappa shape index (κ1) is 6.24. The molecule has 0 fully saturated rings. The average Bonchev–Trinajstić information content (AvgIpc) is 0.722. The van der Waals surface area contributed by atoms with Crippen molar-refractivity contribution in [3.8, 4) is 0 Å². The smallest absolute Gasteiger partial charge is 0.196 e. The van der Waals surface area contributed by atoms with E-state index in [1.165, 1.54) is 22.6 Å². The molecule has 0 atom stereocenters. The molecule has 0 rings (SSSR count). The second-order valence-corrected chi connectivity index (χ2v) is 4.43. The van der Waals surface area contributed by atoms with Gasteiger partial charge in [0.25, 0.3) is 0 Å². The van der Waals surface area contributed by atoms with Crippen LogP contribution in [0.15, 0.2) is 0 Å². The Labute approximate surface area is 52.8 Å². The van der Waals surface area contributed by atoms with E-state index in [-0.39, 0.29) is 0 Å². The fourth-order valence-corrected chi connectivity index (χ4v) is 0. The van der Waals surface area contributed by atoms with Crippen molar-refractivity contribution in [3.63, 3.8) is 0 Å². The highest BCUT2D eigenvalue weighted by Gasteiger charge is 2.13. The molecule has 5 heavy (non-hydrogen) atoms. The third kappa shape index (κ3) is 35.8. The molecule has 4 heteroatoms. The summed E-state index contributed by atoms with van der Waals surface area (Å²) in [5.41, 5.74) is 0. The van der Waals surface area contributed by atoms with Gasteiger partial charge in [0.05, 0.1) is 0 Å². The van der Waals surface area contributed by atoms with E-state index in [2.05, 4.69) is 23.2 Å². The molecule has 0 radical (unpaired) electrons. The van der Waals surface area contributed by atoms with E-state index in [0.29, 0.717) is 0 Å². The summed E-state index contributed by atoms with van der Waals surface area (Å²) in [7, 11) is 0. The molecule has 0 heterocycles. The molecule has 0 aromatic rings. The van der Waals surface area contributed by atoms with Crippen LogP contribution in [-0.4, -0.2) is 2.59 Å². The summed E-state index contributed by atoms with van der Waals surface area (Å²) >= 11 is 10.5. The highest BCUT2D eigenvalue weighted by atomic mass is 127. The van der Waals surface area contributed by atoms with Gasteiger partial charge in [-0.25, -0.2) is 0 Å². The Kier molecular flexibility index (Phi) is 2.24. The summed E-state index contributed by atoms with van der Waals surface area (Å²) in [6.45, 7) is 0. The number of hydrogen-bond donors (Lipinski definition) is 0. The standard InChI is InChI=1S/CCl2FI/c2-1(3,4)5. The van der Waals surface area contributed by atoms with E-state index in [0.717, 1.165) is 0 Å². The minimum Gasteiger partial charge on any atom is -0.196 e. The monoisotopic (exact) mass is 228 g/mol. The van der Waals surface area contributed by atoms with Crippen LogP contribution in [0.1, 0.15) is 0 Å². The van der Waals surface area contributed by atoms with Crippen molar-refractivity contribution in [2.45, 2.75) is 2.59 Å². The summed E-state index contributed by atoms with van der Waals surface area (Å²) in [5, 5.41) is 0. The quantitative estimate of drug-likeness (QED) is 0.442. The molecule has 0 N–H and O–H groups in total. The molecular weight excluding hydrogens is 229 g/mol. The van der Waals surface area contributed by atoms with Crippen LogP contribution in [0, 0.1) is 0 Å². The Balaban J connectivity index is 3.02. The Morgan fingerprint density at radius 2 is 1.60 bits per heavy atom. The van der Waals surface area contributed by atoms with Gasteiger partial charge < -0.3 is 0 Å². The largest absolute Gasteiger partial charge is 0.307 e. The fraction of sp³-hybridized carbons (Fsp3) is 1.00. The SMILES string of the molecule is FC(Cl)(Cl)I. The Morgan fingerprint density at radius 3 is 1.60 bits per heavy atom. The minimum atomic E-state index is -2.09. The summed E-state index contributed by atoms with van der Waals surface area (Å²) in [6.07, 6.45) is 0. The van der Waals surface area contributed by atoms with Crippen LogP contribution in [0.3, 0.4) is 0 Å². The summed E-state index contributed by atoms with van der Waals surface area (Å²) in [4.78, 5) is 0. The third-order valence-electron chi connectivity index (χ3n) is 0. The average molecular weight is 229 g/mol. The number of halogens is 4. The van der Waals surface area contributed by atoms with Gasteiger partial charge in [0.15, 0.2) is 0 Å². The number of alkyl halides is 4. The van der Waals surface area contributed by atoms with Crippen molar-refractivity contribution in [1.29, 1.82) is 0 Å². The van der Waals surface area contributed by atoms with Crippen LogP contribution in [0.25, 0.3) is 0 Å². The first-order valence-electron chi connectivity index (χ1n) is 0.756. The highest BCUT2D eigenvalue weighted by molar-refractivity contribution is 14.1. The molecule has 0 aromatic carbocycles. The van der Waals surface area contributed by atoms with E-state index in [1.54, 1.807) is 0 Å². The van der Waals surface area contributed by atoms with Crippen LogP contribution in [0.5, 0.6) is 0 Å². The van der Waals surface area contributed by atoms with E-state index < -0.39 is 2.59 Å². The van der Waals surface area contributed by atoms with E-state index in [1.807, 2.05) is 0 Å². The maximum absolute atomic E-state index is 11.2. The lowest BCUT2D eigenvalue weighted by Crippen LogP contribution is -1.82. The first-order valence-corrected chi connectivity index (χ1v) is 2.59. The van der Waals surface area contributed by atoms with Gasteiger partial charge in [-0.3, -0.25) is 0 Å². The van der Waals surface area contributed by atoms with Crippen LogP contribution in [-0.2, 0) is 0 Å². The zero-order chi connectivity index (χ0) is 4.50. The van der Waals surface area contributed by atoms with Gasteiger partial charge in [0.1, 0.15) is 0 Å². The molecular formula is CCl2FI. The molecule has 0 amide bonds. The Morgan fingerprint density at radius 1 is 1.60 bits per heavy atom.